The van der Waals surface area contributed by atoms with E-state index in [0.717, 1.165) is 19.3 Å². The van der Waals surface area contributed by atoms with Crippen LogP contribution in [0.5, 0.6) is 5.75 Å². The van der Waals surface area contributed by atoms with Crippen LogP contribution in [-0.2, 0) is 14.9 Å². The number of carbonyl (C=O) groups is 2. The summed E-state index contributed by atoms with van der Waals surface area (Å²) >= 11 is 0. The smallest absolute Gasteiger partial charge is 0.338 e. The number of benzene rings is 2. The SMILES string of the molecule is CCCCOC(=O)c1ccc(NC(=O)COc2ccc(C(C)(C)CC(C)(C)C)cc2)cc1. The second-order valence-corrected chi connectivity index (χ2v) is 10.0. The van der Waals surface area contributed by atoms with Gasteiger partial charge in [-0.05, 0) is 65.6 Å². The minimum atomic E-state index is -0.353. The summed E-state index contributed by atoms with van der Waals surface area (Å²) in [5, 5.41) is 2.78. The monoisotopic (exact) mass is 439 g/mol. The van der Waals surface area contributed by atoms with E-state index in [9.17, 15) is 9.59 Å². The summed E-state index contributed by atoms with van der Waals surface area (Å²) in [5.41, 5.74) is 2.61. The number of carbonyl (C=O) groups excluding carboxylic acids is 2. The standard InChI is InChI=1S/C27H37NO4/c1-7-8-17-31-25(30)20-9-13-22(14-10-20)28-24(29)18-32-23-15-11-21(12-16-23)27(5,6)19-26(2,3)4/h9-16H,7-8,17-19H2,1-6H3,(H,28,29). The highest BCUT2D eigenvalue weighted by Crippen LogP contribution is 2.36. The lowest BCUT2D eigenvalue weighted by molar-refractivity contribution is -0.118. The predicted molar refractivity (Wildman–Crippen MR) is 129 cm³/mol. The fraction of sp³-hybridized carbons (Fsp3) is 0.481. The molecule has 1 amide bonds. The lowest BCUT2D eigenvalue weighted by Crippen LogP contribution is -2.24. The van der Waals surface area contributed by atoms with Crippen molar-refractivity contribution in [3.63, 3.8) is 0 Å². The molecular formula is C27H37NO4. The Kier molecular flexibility index (Phi) is 8.88. The van der Waals surface area contributed by atoms with Gasteiger partial charge < -0.3 is 14.8 Å². The Morgan fingerprint density at radius 2 is 1.53 bits per heavy atom. The molecule has 0 aliphatic carbocycles. The highest BCUT2D eigenvalue weighted by molar-refractivity contribution is 5.93. The van der Waals surface area contributed by atoms with Gasteiger partial charge in [-0.1, -0.05) is 60.1 Å². The number of hydrogen-bond acceptors (Lipinski definition) is 4. The summed E-state index contributed by atoms with van der Waals surface area (Å²) in [7, 11) is 0. The van der Waals surface area contributed by atoms with Crippen molar-refractivity contribution < 1.29 is 19.1 Å². The average Bonchev–Trinajstić information content (AvgIpc) is 2.71. The molecule has 174 valence electrons. The maximum Gasteiger partial charge on any atom is 0.338 e. The first-order chi connectivity index (χ1) is 15.0. The van der Waals surface area contributed by atoms with Crippen LogP contribution in [-0.4, -0.2) is 25.1 Å². The van der Waals surface area contributed by atoms with Gasteiger partial charge in [-0.2, -0.15) is 0 Å². The molecule has 0 saturated carbocycles. The quantitative estimate of drug-likeness (QED) is 0.345. The molecule has 2 aromatic rings. The fourth-order valence-electron chi connectivity index (χ4n) is 3.86. The summed E-state index contributed by atoms with van der Waals surface area (Å²) < 4.78 is 10.8. The molecule has 1 N–H and O–H groups in total. The lowest BCUT2D eigenvalue weighted by Gasteiger charge is -2.33. The zero-order valence-corrected chi connectivity index (χ0v) is 20.3. The van der Waals surface area contributed by atoms with Crippen LogP contribution in [0.3, 0.4) is 0 Å². The van der Waals surface area contributed by atoms with Crippen molar-refractivity contribution in [1.82, 2.24) is 0 Å². The van der Waals surface area contributed by atoms with Crippen molar-refractivity contribution in [3.8, 4) is 5.75 Å². The van der Waals surface area contributed by atoms with Crippen LogP contribution in [0.4, 0.5) is 5.69 Å². The van der Waals surface area contributed by atoms with Crippen LogP contribution < -0.4 is 10.1 Å². The first-order valence-electron chi connectivity index (χ1n) is 11.3. The Morgan fingerprint density at radius 3 is 2.09 bits per heavy atom. The van der Waals surface area contributed by atoms with Crippen LogP contribution in [0.1, 0.15) is 76.7 Å². The number of nitrogens with one attached hydrogen (secondary N) is 1. The van der Waals surface area contributed by atoms with Crippen LogP contribution in [0.25, 0.3) is 0 Å². The molecule has 5 heteroatoms. The lowest BCUT2D eigenvalue weighted by atomic mass is 9.72. The summed E-state index contributed by atoms with van der Waals surface area (Å²) in [6.45, 7) is 13.6. The van der Waals surface area contributed by atoms with Crippen molar-refractivity contribution in [2.45, 2.75) is 66.2 Å². The highest BCUT2D eigenvalue weighted by atomic mass is 16.5. The number of ether oxygens (including phenoxy) is 2. The molecule has 0 saturated heterocycles. The third-order valence-electron chi connectivity index (χ3n) is 5.11. The minimum Gasteiger partial charge on any atom is -0.484 e. The summed E-state index contributed by atoms with van der Waals surface area (Å²) in [6.07, 6.45) is 2.88. The van der Waals surface area contributed by atoms with Crippen LogP contribution >= 0.6 is 0 Å². The number of anilines is 1. The van der Waals surface area contributed by atoms with Gasteiger partial charge in [0.15, 0.2) is 6.61 Å². The zero-order chi connectivity index (χ0) is 23.8. The molecule has 2 aromatic carbocycles. The molecule has 0 unspecified atom stereocenters. The maximum absolute atomic E-state index is 12.2. The molecule has 0 spiro atoms. The van der Waals surface area contributed by atoms with Gasteiger partial charge in [-0.15, -0.1) is 0 Å². The van der Waals surface area contributed by atoms with E-state index in [-0.39, 0.29) is 29.3 Å². The maximum atomic E-state index is 12.2. The van der Waals surface area contributed by atoms with E-state index >= 15 is 0 Å². The van der Waals surface area contributed by atoms with Crippen molar-refractivity contribution in [1.29, 1.82) is 0 Å². The Bertz CT molecular complexity index is 877. The first kappa shape index (κ1) is 25.4. The van der Waals surface area contributed by atoms with E-state index < -0.39 is 0 Å². The average molecular weight is 440 g/mol. The van der Waals surface area contributed by atoms with Crippen molar-refractivity contribution in [2.24, 2.45) is 5.41 Å². The Morgan fingerprint density at radius 1 is 0.906 bits per heavy atom. The molecule has 0 heterocycles. The Labute approximate surface area is 192 Å². The predicted octanol–water partition coefficient (Wildman–Crippen LogP) is 6.37. The molecule has 2 rings (SSSR count). The van der Waals surface area contributed by atoms with Gasteiger partial charge in [-0.3, -0.25) is 4.79 Å². The molecular weight excluding hydrogens is 402 g/mol. The fourth-order valence-corrected chi connectivity index (χ4v) is 3.86. The van der Waals surface area contributed by atoms with Gasteiger partial charge in [0.1, 0.15) is 5.75 Å². The van der Waals surface area contributed by atoms with E-state index in [0.29, 0.717) is 23.6 Å². The molecule has 0 radical (unpaired) electrons. The Hall–Kier alpha value is -2.82. The van der Waals surface area contributed by atoms with E-state index in [1.165, 1.54) is 5.56 Å². The van der Waals surface area contributed by atoms with Gasteiger partial charge in [0.2, 0.25) is 0 Å². The number of rotatable bonds is 10. The van der Waals surface area contributed by atoms with E-state index in [4.69, 9.17) is 9.47 Å². The molecule has 0 aliphatic rings. The second-order valence-electron chi connectivity index (χ2n) is 10.0. The normalized spacial score (nSPS) is 11.7. The number of unbranched alkanes of at least 4 members (excludes halogenated alkanes) is 1. The van der Waals surface area contributed by atoms with Crippen LogP contribution in [0.15, 0.2) is 48.5 Å². The van der Waals surface area contributed by atoms with Gasteiger partial charge in [0.05, 0.1) is 12.2 Å². The highest BCUT2D eigenvalue weighted by Gasteiger charge is 2.27. The molecule has 0 bridgehead atoms. The van der Waals surface area contributed by atoms with E-state index in [1.54, 1.807) is 24.3 Å². The number of esters is 1. The van der Waals surface area contributed by atoms with Crippen molar-refractivity contribution >= 4 is 17.6 Å². The molecule has 32 heavy (non-hydrogen) atoms. The largest absolute Gasteiger partial charge is 0.484 e. The molecule has 0 atom stereocenters. The summed E-state index contributed by atoms with van der Waals surface area (Å²) in [5.74, 6) is 0.0369. The third-order valence-corrected chi connectivity index (χ3v) is 5.11. The van der Waals surface area contributed by atoms with Crippen LogP contribution in [0.2, 0.25) is 0 Å². The first-order valence-corrected chi connectivity index (χ1v) is 11.3. The summed E-state index contributed by atoms with van der Waals surface area (Å²) in [6, 6.07) is 14.6. The topological polar surface area (TPSA) is 64.6 Å². The van der Waals surface area contributed by atoms with Crippen molar-refractivity contribution in [3.05, 3.63) is 59.7 Å². The van der Waals surface area contributed by atoms with Gasteiger partial charge in [-0.25, -0.2) is 4.79 Å². The number of hydrogen-bond donors (Lipinski definition) is 1. The molecule has 0 fully saturated rings. The molecule has 0 aromatic heterocycles. The zero-order valence-electron chi connectivity index (χ0n) is 20.3. The van der Waals surface area contributed by atoms with Gasteiger partial charge >= 0.3 is 5.97 Å². The minimum absolute atomic E-state index is 0.0583. The van der Waals surface area contributed by atoms with E-state index in [1.807, 2.05) is 19.1 Å². The molecule has 0 aliphatic heterocycles. The van der Waals surface area contributed by atoms with Crippen LogP contribution in [0, 0.1) is 5.41 Å². The number of amides is 1. The van der Waals surface area contributed by atoms with Gasteiger partial charge in [0.25, 0.3) is 5.91 Å². The third kappa shape index (κ3) is 8.37. The Balaban J connectivity index is 1.84. The van der Waals surface area contributed by atoms with E-state index in [2.05, 4.69) is 52.1 Å². The molecule has 5 nitrogen and oxygen atoms in total. The van der Waals surface area contributed by atoms with Crippen molar-refractivity contribution in [2.75, 3.05) is 18.5 Å². The van der Waals surface area contributed by atoms with Gasteiger partial charge in [0, 0.05) is 5.69 Å². The summed E-state index contributed by atoms with van der Waals surface area (Å²) in [4.78, 5) is 24.2. The second kappa shape index (κ2) is 11.2.